The van der Waals surface area contributed by atoms with Crippen molar-refractivity contribution in [3.8, 4) is 5.75 Å². The van der Waals surface area contributed by atoms with Crippen molar-refractivity contribution in [2.24, 2.45) is 0 Å². The Hall–Kier alpha value is -2.65. The van der Waals surface area contributed by atoms with Gasteiger partial charge in [-0.05, 0) is 29.3 Å². The third-order valence-electron chi connectivity index (χ3n) is 2.81. The molecule has 2 rings (SSSR count). The SMILES string of the molecule is O=C(NCc1cc(=O)c(O)cn1O)c1cccc(S(=O)[O-])c1. The van der Waals surface area contributed by atoms with Gasteiger partial charge in [0.05, 0.1) is 18.4 Å². The van der Waals surface area contributed by atoms with E-state index in [0.29, 0.717) is 4.73 Å². The first-order valence-corrected chi connectivity index (χ1v) is 7.07. The van der Waals surface area contributed by atoms with Gasteiger partial charge in [0, 0.05) is 16.5 Å². The van der Waals surface area contributed by atoms with Crippen molar-refractivity contribution in [3.05, 3.63) is 58.0 Å². The molecule has 3 N–H and O–H groups in total. The molecule has 1 unspecified atom stereocenters. The number of nitrogens with one attached hydrogen (secondary N) is 1. The highest BCUT2D eigenvalue weighted by Gasteiger charge is 2.09. The van der Waals surface area contributed by atoms with E-state index in [1.807, 2.05) is 0 Å². The molecule has 0 spiro atoms. The van der Waals surface area contributed by atoms with E-state index >= 15 is 0 Å². The quantitative estimate of drug-likeness (QED) is 0.534. The second-order valence-electron chi connectivity index (χ2n) is 4.30. The lowest BCUT2D eigenvalue weighted by atomic mass is 10.2. The van der Waals surface area contributed by atoms with Crippen LogP contribution >= 0.6 is 0 Å². The van der Waals surface area contributed by atoms with Crippen molar-refractivity contribution in [2.45, 2.75) is 11.4 Å². The summed E-state index contributed by atoms with van der Waals surface area (Å²) in [4.78, 5) is 23.2. The molecule has 0 fully saturated rings. The van der Waals surface area contributed by atoms with Gasteiger partial charge in [-0.1, -0.05) is 6.07 Å². The molecule has 0 aliphatic carbocycles. The molecule has 1 aromatic heterocycles. The maximum Gasteiger partial charge on any atom is 0.251 e. The fourth-order valence-electron chi connectivity index (χ4n) is 1.70. The summed E-state index contributed by atoms with van der Waals surface area (Å²) >= 11 is -2.45. The number of carbonyl (C=O) groups is 1. The van der Waals surface area contributed by atoms with Gasteiger partial charge < -0.3 is 20.2 Å². The van der Waals surface area contributed by atoms with Crippen molar-refractivity contribution in [2.75, 3.05) is 0 Å². The first-order valence-electron chi connectivity index (χ1n) is 6.00. The van der Waals surface area contributed by atoms with Crippen LogP contribution in [0.4, 0.5) is 0 Å². The monoisotopic (exact) mass is 323 g/mol. The van der Waals surface area contributed by atoms with Crippen LogP contribution in [0, 0.1) is 0 Å². The zero-order chi connectivity index (χ0) is 16.3. The summed E-state index contributed by atoms with van der Waals surface area (Å²) in [5.74, 6) is -1.20. The van der Waals surface area contributed by atoms with Gasteiger partial charge >= 0.3 is 0 Å². The summed E-state index contributed by atoms with van der Waals surface area (Å²) < 4.78 is 22.2. The molecule has 22 heavy (non-hydrogen) atoms. The number of pyridine rings is 1. The molecule has 0 radical (unpaired) electrons. The molecule has 0 saturated carbocycles. The number of benzene rings is 1. The zero-order valence-electron chi connectivity index (χ0n) is 11.1. The summed E-state index contributed by atoms with van der Waals surface area (Å²) in [7, 11) is 0. The number of nitrogens with zero attached hydrogens (tertiary/aromatic N) is 1. The van der Waals surface area contributed by atoms with E-state index in [4.69, 9.17) is 5.11 Å². The number of aromatic nitrogens is 1. The molecule has 1 atom stereocenters. The Balaban J connectivity index is 2.13. The molecule has 0 saturated heterocycles. The highest BCUT2D eigenvalue weighted by Crippen LogP contribution is 2.09. The maximum atomic E-state index is 11.9. The van der Waals surface area contributed by atoms with Gasteiger partial charge in [-0.25, -0.2) is 0 Å². The van der Waals surface area contributed by atoms with Gasteiger partial charge in [0.1, 0.15) is 0 Å². The molecule has 0 aliphatic rings. The van der Waals surface area contributed by atoms with Crippen LogP contribution in [0.2, 0.25) is 0 Å². The van der Waals surface area contributed by atoms with Gasteiger partial charge in [-0.3, -0.25) is 13.8 Å². The maximum absolute atomic E-state index is 11.9. The lowest BCUT2D eigenvalue weighted by molar-refractivity contribution is 0.0945. The topological polar surface area (TPSA) is 132 Å². The van der Waals surface area contributed by atoms with Crippen molar-refractivity contribution >= 4 is 17.0 Å². The second-order valence-corrected chi connectivity index (χ2v) is 5.24. The molecule has 1 amide bonds. The molecule has 1 aromatic carbocycles. The van der Waals surface area contributed by atoms with Gasteiger partial charge in [0.25, 0.3) is 5.91 Å². The van der Waals surface area contributed by atoms with Crippen LogP contribution in [0.5, 0.6) is 5.75 Å². The molecule has 8 nitrogen and oxygen atoms in total. The largest absolute Gasteiger partial charge is 0.768 e. The molecule has 0 aliphatic heterocycles. The number of hydrogen-bond donors (Lipinski definition) is 3. The lowest BCUT2D eigenvalue weighted by Gasteiger charge is -2.10. The van der Waals surface area contributed by atoms with E-state index in [2.05, 4.69) is 5.32 Å². The van der Waals surface area contributed by atoms with Crippen LogP contribution in [0.15, 0.2) is 46.2 Å². The summed E-state index contributed by atoms with van der Waals surface area (Å²) in [5.41, 5.74) is -0.523. The number of aromatic hydroxyl groups is 1. The van der Waals surface area contributed by atoms with Crippen LogP contribution in [0.25, 0.3) is 0 Å². The minimum atomic E-state index is -2.45. The lowest BCUT2D eigenvalue weighted by Crippen LogP contribution is -2.25. The summed E-state index contributed by atoms with van der Waals surface area (Å²) in [6, 6.07) is 6.35. The molecular weight excluding hydrogens is 312 g/mol. The second kappa shape index (κ2) is 6.41. The first kappa shape index (κ1) is 15.7. The molecule has 9 heteroatoms. The third kappa shape index (κ3) is 3.51. The number of amides is 1. The van der Waals surface area contributed by atoms with Crippen molar-refractivity contribution in [1.82, 2.24) is 10.0 Å². The predicted molar refractivity (Wildman–Crippen MR) is 74.3 cm³/mol. The molecular formula is C13H11N2O6S-. The van der Waals surface area contributed by atoms with E-state index in [-0.39, 0.29) is 22.7 Å². The minimum Gasteiger partial charge on any atom is -0.768 e. The molecule has 0 bridgehead atoms. The Morgan fingerprint density at radius 2 is 2.09 bits per heavy atom. The smallest absolute Gasteiger partial charge is 0.251 e. The molecule has 1 heterocycles. The standard InChI is InChI=1S/C13H12N2O6S/c16-11-5-9(15(19)7-12(11)17)6-14-13(18)8-2-1-3-10(4-8)22(20)21/h1-5,7,17,19H,6H2,(H,14,18)(H,20,21)/p-1. The van der Waals surface area contributed by atoms with E-state index in [1.54, 1.807) is 0 Å². The summed E-state index contributed by atoms with van der Waals surface area (Å²) in [6.45, 7) is -0.185. The van der Waals surface area contributed by atoms with Crippen LogP contribution in [0.1, 0.15) is 16.1 Å². The van der Waals surface area contributed by atoms with Crippen molar-refractivity contribution in [1.29, 1.82) is 0 Å². The summed E-state index contributed by atoms with van der Waals surface area (Å²) in [6.07, 6.45) is 0.811. The van der Waals surface area contributed by atoms with E-state index < -0.39 is 28.2 Å². The minimum absolute atomic E-state index is 0.0312. The fourth-order valence-corrected chi connectivity index (χ4v) is 2.11. The predicted octanol–water partition coefficient (Wildman–Crippen LogP) is -0.0408. The van der Waals surface area contributed by atoms with Crippen LogP contribution < -0.4 is 10.7 Å². The third-order valence-corrected chi connectivity index (χ3v) is 3.45. The first-order chi connectivity index (χ1) is 10.4. The van der Waals surface area contributed by atoms with Crippen LogP contribution in [-0.4, -0.2) is 29.7 Å². The average molecular weight is 323 g/mol. The van der Waals surface area contributed by atoms with E-state index in [9.17, 15) is 23.6 Å². The fraction of sp³-hybridized carbons (Fsp3) is 0.0769. The Kier molecular flexibility index (Phi) is 4.59. The highest BCUT2D eigenvalue weighted by atomic mass is 32.2. The number of rotatable bonds is 4. The Labute approximate surface area is 126 Å². The Morgan fingerprint density at radius 1 is 1.36 bits per heavy atom. The van der Waals surface area contributed by atoms with Crippen molar-refractivity contribution < 1.29 is 23.9 Å². The number of hydrogen-bond acceptors (Lipinski definition) is 6. The summed E-state index contributed by atoms with van der Waals surface area (Å²) in [5, 5.41) is 21.1. The van der Waals surface area contributed by atoms with E-state index in [1.165, 1.54) is 24.3 Å². The molecule has 116 valence electrons. The van der Waals surface area contributed by atoms with Gasteiger partial charge in [0.15, 0.2) is 5.75 Å². The normalized spacial score (nSPS) is 11.9. The van der Waals surface area contributed by atoms with Crippen LogP contribution in [0.3, 0.4) is 0 Å². The van der Waals surface area contributed by atoms with Gasteiger partial charge in [-0.15, -0.1) is 0 Å². The highest BCUT2D eigenvalue weighted by molar-refractivity contribution is 7.79. The number of carbonyl (C=O) groups excluding carboxylic acids is 1. The Morgan fingerprint density at radius 3 is 2.77 bits per heavy atom. The van der Waals surface area contributed by atoms with Crippen molar-refractivity contribution in [3.63, 3.8) is 0 Å². The molecule has 2 aromatic rings. The van der Waals surface area contributed by atoms with E-state index in [0.717, 1.165) is 12.3 Å². The Bertz CT molecular complexity index is 801. The van der Waals surface area contributed by atoms with Gasteiger partial charge in [0.2, 0.25) is 5.43 Å². The van der Waals surface area contributed by atoms with Crippen LogP contribution in [-0.2, 0) is 17.6 Å². The zero-order valence-corrected chi connectivity index (χ0v) is 11.9. The average Bonchev–Trinajstić information content (AvgIpc) is 2.49. The van der Waals surface area contributed by atoms with Gasteiger partial charge in [-0.2, -0.15) is 4.73 Å².